The van der Waals surface area contributed by atoms with Crippen LogP contribution >= 0.6 is 0 Å². The highest BCUT2D eigenvalue weighted by molar-refractivity contribution is 5.40. The van der Waals surface area contributed by atoms with Gasteiger partial charge < -0.3 is 0 Å². The first-order valence-electron chi connectivity index (χ1n) is 5.09. The van der Waals surface area contributed by atoms with Crippen LogP contribution in [0.25, 0.3) is 11.6 Å². The van der Waals surface area contributed by atoms with Gasteiger partial charge in [-0.1, -0.05) is 13.3 Å². The van der Waals surface area contributed by atoms with Gasteiger partial charge >= 0.3 is 0 Å². The van der Waals surface area contributed by atoms with Gasteiger partial charge in [0.15, 0.2) is 5.82 Å². The first-order valence-corrected chi connectivity index (χ1v) is 5.09. The highest BCUT2D eigenvalue weighted by Gasteiger charge is 2.06. The van der Waals surface area contributed by atoms with Gasteiger partial charge in [-0.3, -0.25) is 5.10 Å². The zero-order chi connectivity index (χ0) is 10.5. The van der Waals surface area contributed by atoms with Gasteiger partial charge in [-0.15, -0.1) is 5.10 Å². The van der Waals surface area contributed by atoms with Crippen molar-refractivity contribution in [3.63, 3.8) is 0 Å². The molecule has 0 fully saturated rings. The van der Waals surface area contributed by atoms with Crippen LogP contribution in [0.15, 0.2) is 18.5 Å². The van der Waals surface area contributed by atoms with E-state index >= 15 is 0 Å². The van der Waals surface area contributed by atoms with Crippen LogP contribution in [0.4, 0.5) is 0 Å². The predicted molar refractivity (Wildman–Crippen MR) is 56.0 cm³/mol. The van der Waals surface area contributed by atoms with E-state index in [1.54, 1.807) is 18.5 Å². The van der Waals surface area contributed by atoms with E-state index in [0.717, 1.165) is 25.1 Å². The second-order valence-corrected chi connectivity index (χ2v) is 3.28. The molecule has 2 heterocycles. The molecule has 5 nitrogen and oxygen atoms in total. The third-order valence-corrected chi connectivity index (χ3v) is 2.06. The number of hydrogen-bond acceptors (Lipinski definition) is 4. The average molecular weight is 203 g/mol. The lowest BCUT2D eigenvalue weighted by molar-refractivity contribution is 0.756. The lowest BCUT2D eigenvalue weighted by atomic mass is 10.2. The molecular formula is C10H13N5. The third-order valence-electron chi connectivity index (χ3n) is 2.06. The van der Waals surface area contributed by atoms with E-state index in [-0.39, 0.29) is 0 Å². The molecule has 2 aromatic heterocycles. The highest BCUT2D eigenvalue weighted by atomic mass is 15.2. The number of aromatic amines is 1. The molecule has 0 bridgehead atoms. The molecule has 78 valence electrons. The monoisotopic (exact) mass is 203 g/mol. The molecule has 0 unspecified atom stereocenters. The van der Waals surface area contributed by atoms with Gasteiger partial charge in [-0.05, 0) is 12.5 Å². The highest BCUT2D eigenvalue weighted by Crippen LogP contribution is 2.08. The Labute approximate surface area is 88.0 Å². The normalized spacial score (nSPS) is 10.5. The largest absolute Gasteiger partial charge is 0.263 e. The molecule has 1 N–H and O–H groups in total. The molecule has 0 amide bonds. The Balaban J connectivity index is 2.14. The molecule has 0 aliphatic carbocycles. The number of rotatable bonds is 4. The number of hydrogen-bond donors (Lipinski definition) is 1. The van der Waals surface area contributed by atoms with Gasteiger partial charge in [-0.2, -0.15) is 0 Å². The molecule has 0 aliphatic rings. The Bertz CT molecular complexity index is 409. The molecule has 0 saturated carbocycles. The summed E-state index contributed by atoms with van der Waals surface area (Å²) in [6.45, 7) is 2.15. The maximum Gasteiger partial charge on any atom is 0.218 e. The van der Waals surface area contributed by atoms with Crippen molar-refractivity contribution in [2.45, 2.75) is 26.2 Å². The SMILES string of the molecule is CCCCc1nc(-c2ncccn2)n[nH]1. The Kier molecular flexibility index (Phi) is 3.02. The van der Waals surface area contributed by atoms with Crippen LogP contribution in [0.1, 0.15) is 25.6 Å². The zero-order valence-electron chi connectivity index (χ0n) is 8.64. The van der Waals surface area contributed by atoms with E-state index in [9.17, 15) is 0 Å². The summed E-state index contributed by atoms with van der Waals surface area (Å²) in [6, 6.07) is 1.77. The Morgan fingerprint density at radius 3 is 2.73 bits per heavy atom. The molecular weight excluding hydrogens is 190 g/mol. The molecule has 0 aliphatic heterocycles. The fourth-order valence-electron chi connectivity index (χ4n) is 1.27. The van der Waals surface area contributed by atoms with Gasteiger partial charge in [0.2, 0.25) is 5.82 Å². The molecule has 2 rings (SSSR count). The van der Waals surface area contributed by atoms with Crippen LogP contribution in [0.2, 0.25) is 0 Å². The first-order chi connectivity index (χ1) is 7.40. The topological polar surface area (TPSA) is 67.3 Å². The smallest absolute Gasteiger partial charge is 0.218 e. The minimum absolute atomic E-state index is 0.566. The minimum Gasteiger partial charge on any atom is -0.263 e. The molecule has 0 spiro atoms. The van der Waals surface area contributed by atoms with E-state index in [2.05, 4.69) is 32.1 Å². The first kappa shape index (κ1) is 9.76. The summed E-state index contributed by atoms with van der Waals surface area (Å²) >= 11 is 0. The van der Waals surface area contributed by atoms with Crippen molar-refractivity contribution in [3.05, 3.63) is 24.3 Å². The van der Waals surface area contributed by atoms with Crippen molar-refractivity contribution in [2.75, 3.05) is 0 Å². The van der Waals surface area contributed by atoms with Crippen molar-refractivity contribution in [1.29, 1.82) is 0 Å². The van der Waals surface area contributed by atoms with Crippen molar-refractivity contribution in [1.82, 2.24) is 25.1 Å². The summed E-state index contributed by atoms with van der Waals surface area (Å²) < 4.78 is 0. The summed E-state index contributed by atoms with van der Waals surface area (Å²) in [7, 11) is 0. The Morgan fingerprint density at radius 2 is 2.00 bits per heavy atom. The van der Waals surface area contributed by atoms with Gasteiger partial charge in [0.1, 0.15) is 5.82 Å². The molecule has 0 radical (unpaired) electrons. The van der Waals surface area contributed by atoms with Gasteiger partial charge in [0, 0.05) is 18.8 Å². The second-order valence-electron chi connectivity index (χ2n) is 3.28. The van der Waals surface area contributed by atoms with Crippen molar-refractivity contribution < 1.29 is 0 Å². The summed E-state index contributed by atoms with van der Waals surface area (Å²) in [5.74, 6) is 2.04. The Morgan fingerprint density at radius 1 is 1.20 bits per heavy atom. The number of unbranched alkanes of at least 4 members (excludes halogenated alkanes) is 1. The maximum atomic E-state index is 4.33. The van der Waals surface area contributed by atoms with E-state index in [1.807, 2.05) is 0 Å². The fourth-order valence-corrected chi connectivity index (χ4v) is 1.27. The van der Waals surface area contributed by atoms with Gasteiger partial charge in [0.25, 0.3) is 0 Å². The van der Waals surface area contributed by atoms with Crippen molar-refractivity contribution in [3.8, 4) is 11.6 Å². The number of H-pyrrole nitrogens is 1. The van der Waals surface area contributed by atoms with Gasteiger partial charge in [0.05, 0.1) is 0 Å². The van der Waals surface area contributed by atoms with Crippen LogP contribution in [0.3, 0.4) is 0 Å². The quantitative estimate of drug-likeness (QED) is 0.819. The number of nitrogens with one attached hydrogen (secondary N) is 1. The van der Waals surface area contributed by atoms with Crippen LogP contribution < -0.4 is 0 Å². The lowest BCUT2D eigenvalue weighted by Gasteiger charge is -1.91. The van der Waals surface area contributed by atoms with E-state index in [0.29, 0.717) is 11.6 Å². The molecule has 0 atom stereocenters. The summed E-state index contributed by atoms with van der Waals surface area (Å²) in [5.41, 5.74) is 0. The minimum atomic E-state index is 0.566. The van der Waals surface area contributed by atoms with Crippen molar-refractivity contribution >= 4 is 0 Å². The number of aromatic nitrogens is 5. The van der Waals surface area contributed by atoms with Crippen LogP contribution in [0.5, 0.6) is 0 Å². The summed E-state index contributed by atoms with van der Waals surface area (Å²) in [4.78, 5) is 12.5. The lowest BCUT2D eigenvalue weighted by Crippen LogP contribution is -1.89. The third kappa shape index (κ3) is 2.37. The van der Waals surface area contributed by atoms with Gasteiger partial charge in [-0.25, -0.2) is 15.0 Å². The zero-order valence-corrected chi connectivity index (χ0v) is 8.64. The standard InChI is InChI=1S/C10H13N5/c1-2-3-5-8-13-10(15-14-8)9-11-6-4-7-12-9/h4,6-7H,2-3,5H2,1H3,(H,13,14,15). The fraction of sp³-hybridized carbons (Fsp3) is 0.400. The second kappa shape index (κ2) is 4.63. The van der Waals surface area contributed by atoms with E-state index in [4.69, 9.17) is 0 Å². The molecule has 2 aromatic rings. The van der Waals surface area contributed by atoms with E-state index in [1.165, 1.54) is 0 Å². The number of aryl methyl sites for hydroxylation is 1. The summed E-state index contributed by atoms with van der Waals surface area (Å²) in [6.07, 6.45) is 6.56. The molecule has 5 heteroatoms. The molecule has 0 saturated heterocycles. The van der Waals surface area contributed by atoms with Crippen LogP contribution in [0, 0.1) is 0 Å². The summed E-state index contributed by atoms with van der Waals surface area (Å²) in [5, 5.41) is 6.98. The molecule has 15 heavy (non-hydrogen) atoms. The van der Waals surface area contributed by atoms with Crippen LogP contribution in [-0.2, 0) is 6.42 Å². The van der Waals surface area contributed by atoms with E-state index < -0.39 is 0 Å². The number of nitrogens with zero attached hydrogens (tertiary/aromatic N) is 4. The molecule has 0 aromatic carbocycles. The Hall–Kier alpha value is -1.78. The predicted octanol–water partition coefficient (Wildman–Crippen LogP) is 1.60. The average Bonchev–Trinajstić information content (AvgIpc) is 2.76. The van der Waals surface area contributed by atoms with Crippen LogP contribution in [-0.4, -0.2) is 25.1 Å². The van der Waals surface area contributed by atoms with Crippen molar-refractivity contribution in [2.24, 2.45) is 0 Å². The maximum absolute atomic E-state index is 4.33.